The molecule has 0 amide bonds. The molecule has 0 bridgehead atoms. The van der Waals surface area contributed by atoms with Crippen LogP contribution in [-0.2, 0) is 13.0 Å². The minimum absolute atomic E-state index is 0.00461. The van der Waals surface area contributed by atoms with E-state index in [0.29, 0.717) is 10.4 Å². The van der Waals surface area contributed by atoms with Crippen molar-refractivity contribution in [2.75, 3.05) is 12.3 Å². The summed E-state index contributed by atoms with van der Waals surface area (Å²) in [7, 11) is 0. The third-order valence-electron chi connectivity index (χ3n) is 2.45. The van der Waals surface area contributed by atoms with Gasteiger partial charge in [-0.05, 0) is 6.85 Å². The Bertz CT molecular complexity index is 727. The second-order valence-corrected chi connectivity index (χ2v) is 4.64. The lowest BCUT2D eigenvalue weighted by atomic mass is 10.2. The Morgan fingerprint density at radius 1 is 1.56 bits per heavy atom. The highest BCUT2D eigenvalue weighted by Gasteiger charge is 2.16. The first-order valence-corrected chi connectivity index (χ1v) is 6.15. The molecule has 0 fully saturated rings. The van der Waals surface area contributed by atoms with Crippen LogP contribution < -0.4 is 10.3 Å². The molecule has 0 aliphatic heterocycles. The molecule has 2 rings (SSSR count). The number of nitrogens with two attached hydrogens (primary N) is 1. The van der Waals surface area contributed by atoms with Gasteiger partial charge in [0.25, 0.3) is 0 Å². The molecule has 0 aliphatic carbocycles. The fourth-order valence-corrected chi connectivity index (χ4v) is 2.39. The highest BCUT2D eigenvalue weighted by molar-refractivity contribution is 7.09. The van der Waals surface area contributed by atoms with Gasteiger partial charge >= 0.3 is 0 Å². The van der Waals surface area contributed by atoms with Gasteiger partial charge in [0.15, 0.2) is 12.2 Å². The summed E-state index contributed by atoms with van der Waals surface area (Å²) in [4.78, 5) is 8.15. The van der Waals surface area contributed by atoms with Crippen LogP contribution in [0, 0.1) is 13.7 Å². The molecule has 0 spiro atoms. The topological polar surface area (TPSA) is 75.9 Å². The minimum atomic E-state index is -2.46. The van der Waals surface area contributed by atoms with Gasteiger partial charge in [-0.25, -0.2) is 9.97 Å². The highest BCUT2D eigenvalue weighted by Crippen LogP contribution is 2.13. The van der Waals surface area contributed by atoms with E-state index < -0.39 is 13.7 Å². The lowest BCUT2D eigenvalue weighted by Crippen LogP contribution is -2.35. The molecule has 2 aromatic rings. The number of nitrogen functional groups attached to an aromatic ring is 1. The lowest BCUT2D eigenvalue weighted by Gasteiger charge is -2.01. The average molecular weight is 271 g/mol. The highest BCUT2D eigenvalue weighted by atomic mass is 32.1. The summed E-state index contributed by atoms with van der Waals surface area (Å²) in [5, 5.41) is 9.08. The zero-order valence-electron chi connectivity index (χ0n) is 15.6. The second kappa shape index (κ2) is 5.41. The normalized spacial score (nSPS) is 17.2. The molecule has 6 heteroatoms. The molecule has 2 heterocycles. The van der Waals surface area contributed by atoms with Gasteiger partial charge in [0.1, 0.15) is 11.6 Å². The van der Waals surface area contributed by atoms with E-state index >= 15 is 0 Å². The monoisotopic (exact) mass is 271 g/mol. The summed E-state index contributed by atoms with van der Waals surface area (Å²) in [6, 6.07) is 0. The van der Waals surface area contributed by atoms with E-state index in [9.17, 15) is 0 Å². The van der Waals surface area contributed by atoms with E-state index in [4.69, 9.17) is 19.1 Å². The van der Waals surface area contributed by atoms with Crippen molar-refractivity contribution >= 4 is 17.2 Å². The Kier molecular flexibility index (Phi) is 2.15. The number of aromatic nitrogens is 3. The van der Waals surface area contributed by atoms with Crippen LogP contribution >= 0.6 is 11.3 Å². The van der Waals surface area contributed by atoms with Gasteiger partial charge in [-0.2, -0.15) is 4.57 Å². The SMILES string of the molecule is [2H]C([2H])([2H])c1ncc(C[n+]2csc(CCO)c2C([2H])([2H])[2H])c(N)n1. The molecule has 0 aromatic carbocycles. The van der Waals surface area contributed by atoms with E-state index in [1.54, 1.807) is 5.51 Å². The largest absolute Gasteiger partial charge is 0.396 e. The van der Waals surface area contributed by atoms with Crippen molar-refractivity contribution in [3.63, 3.8) is 0 Å². The molecular weight excluding hydrogens is 248 g/mol. The molecule has 3 N–H and O–H groups in total. The first kappa shape index (κ1) is 7.16. The van der Waals surface area contributed by atoms with Gasteiger partial charge in [-0.3, -0.25) is 0 Å². The Morgan fingerprint density at radius 2 is 2.44 bits per heavy atom. The molecule has 0 radical (unpaired) electrons. The average Bonchev–Trinajstić information content (AvgIpc) is 2.83. The minimum Gasteiger partial charge on any atom is -0.396 e. The number of hydrogen-bond acceptors (Lipinski definition) is 5. The number of rotatable bonds is 4. The Labute approximate surface area is 118 Å². The van der Waals surface area contributed by atoms with Gasteiger partial charge in [0, 0.05) is 34.3 Å². The number of nitrogens with zero attached hydrogens (tertiary/aromatic N) is 3. The molecule has 0 saturated carbocycles. The number of aryl methyl sites for hydroxylation is 1. The lowest BCUT2D eigenvalue weighted by molar-refractivity contribution is -0.689. The van der Waals surface area contributed by atoms with E-state index in [-0.39, 0.29) is 36.9 Å². The summed E-state index contributed by atoms with van der Waals surface area (Å²) in [5.41, 5.74) is 7.98. The van der Waals surface area contributed by atoms with Crippen LogP contribution in [0.3, 0.4) is 0 Å². The molecule has 0 saturated heterocycles. The number of anilines is 1. The number of aliphatic hydroxyl groups excluding tert-OH is 1. The summed E-state index contributed by atoms with van der Waals surface area (Å²) < 4.78 is 46.4. The van der Waals surface area contributed by atoms with Crippen molar-refractivity contribution in [1.82, 2.24) is 9.97 Å². The van der Waals surface area contributed by atoms with Crippen LogP contribution in [0.4, 0.5) is 5.82 Å². The molecule has 5 nitrogen and oxygen atoms in total. The number of hydrogen-bond donors (Lipinski definition) is 2. The zero-order chi connectivity index (χ0) is 18.1. The number of aliphatic hydroxyl groups is 1. The predicted octanol–water partition coefficient (Wildman–Crippen LogP) is 0.608. The molecular formula is C12H17N4OS+. The van der Waals surface area contributed by atoms with E-state index in [1.807, 2.05) is 0 Å². The fraction of sp³-hybridized carbons (Fsp3) is 0.417. The molecule has 18 heavy (non-hydrogen) atoms. The van der Waals surface area contributed by atoms with E-state index in [1.165, 1.54) is 22.1 Å². The van der Waals surface area contributed by atoms with Crippen molar-refractivity contribution in [3.05, 3.63) is 33.7 Å². The van der Waals surface area contributed by atoms with Crippen LogP contribution in [0.1, 0.15) is 30.2 Å². The second-order valence-electron chi connectivity index (χ2n) is 3.70. The molecule has 0 atom stereocenters. The van der Waals surface area contributed by atoms with Crippen molar-refractivity contribution in [1.29, 1.82) is 0 Å². The smallest absolute Gasteiger partial charge is 0.225 e. The molecule has 0 unspecified atom stereocenters. The van der Waals surface area contributed by atoms with Crippen molar-refractivity contribution < 1.29 is 17.9 Å². The van der Waals surface area contributed by atoms with Crippen molar-refractivity contribution in [3.8, 4) is 0 Å². The molecule has 96 valence electrons. The fourth-order valence-electron chi connectivity index (χ4n) is 1.52. The standard InChI is InChI=1S/C12H17N4OS/c1-8-11(3-4-17)18-7-16(8)6-10-5-14-9(2)15-12(10)13/h5,7,17H,3-4,6H2,1-2H3,(H2,13,14,15)/q+1/i1D3,2D3. The van der Waals surface area contributed by atoms with Gasteiger partial charge in [-0.1, -0.05) is 11.3 Å². The third-order valence-corrected chi connectivity index (χ3v) is 3.49. The van der Waals surface area contributed by atoms with Gasteiger partial charge in [0.05, 0.1) is 10.4 Å². The molecule has 0 aliphatic rings. The Morgan fingerprint density at radius 3 is 3.11 bits per heavy atom. The molecule has 2 aromatic heterocycles. The summed E-state index contributed by atoms with van der Waals surface area (Å²) in [5.74, 6) is -0.355. The first-order chi connectivity index (χ1) is 11.0. The van der Waals surface area contributed by atoms with Crippen LogP contribution in [0.2, 0.25) is 0 Å². The van der Waals surface area contributed by atoms with Crippen LogP contribution in [0.25, 0.3) is 0 Å². The van der Waals surface area contributed by atoms with Gasteiger partial charge in [0.2, 0.25) is 5.51 Å². The summed E-state index contributed by atoms with van der Waals surface area (Å²) in [6.07, 6.45) is 1.54. The van der Waals surface area contributed by atoms with Crippen LogP contribution in [0.15, 0.2) is 11.7 Å². The third kappa shape index (κ3) is 2.65. The maximum Gasteiger partial charge on any atom is 0.225 e. The Hall–Kier alpha value is -1.53. The maximum atomic E-state index is 9.08. The van der Waals surface area contributed by atoms with E-state index in [2.05, 4.69) is 9.97 Å². The van der Waals surface area contributed by atoms with Crippen molar-refractivity contribution in [2.45, 2.75) is 26.7 Å². The predicted molar refractivity (Wildman–Crippen MR) is 70.3 cm³/mol. The summed E-state index contributed by atoms with van der Waals surface area (Å²) in [6.45, 7) is -4.86. The Balaban J connectivity index is 2.38. The first-order valence-electron chi connectivity index (χ1n) is 8.27. The quantitative estimate of drug-likeness (QED) is 0.799. The van der Waals surface area contributed by atoms with Crippen LogP contribution in [-0.4, -0.2) is 21.7 Å². The van der Waals surface area contributed by atoms with Gasteiger partial charge in [-0.15, -0.1) is 0 Å². The van der Waals surface area contributed by atoms with E-state index in [0.717, 1.165) is 0 Å². The maximum absolute atomic E-state index is 9.08. The van der Waals surface area contributed by atoms with Gasteiger partial charge < -0.3 is 10.8 Å². The summed E-state index contributed by atoms with van der Waals surface area (Å²) >= 11 is 1.23. The van der Waals surface area contributed by atoms with Crippen LogP contribution in [0.5, 0.6) is 0 Å². The zero-order valence-corrected chi connectivity index (χ0v) is 10.4. The van der Waals surface area contributed by atoms with Crippen molar-refractivity contribution in [2.24, 2.45) is 0 Å². The number of thiazole rings is 1.